The number of nitrogens with one attached hydrogen (secondary N) is 1. The zero-order valence-corrected chi connectivity index (χ0v) is 14.7. The van der Waals surface area contributed by atoms with Crippen LogP contribution in [0, 0.1) is 39.2 Å². The molecule has 142 valence electrons. The number of esters is 1. The first-order chi connectivity index (χ1) is 12.3. The standard InChI is InChI=1S/C17H23N3O6/c1-11-6-14(21)12(13(11)8-20(24)25)7-16(23)26-9-15(22)19-17(10-18)4-2-3-5-17/h11-13H,2-9H2,1H3,(H,19,22)/t11-,12-,13+/m0/s1. The number of rotatable bonds is 7. The molecule has 9 nitrogen and oxygen atoms in total. The van der Waals surface area contributed by atoms with E-state index in [0.29, 0.717) is 12.8 Å². The van der Waals surface area contributed by atoms with Gasteiger partial charge in [-0.25, -0.2) is 0 Å². The summed E-state index contributed by atoms with van der Waals surface area (Å²) < 4.78 is 4.92. The summed E-state index contributed by atoms with van der Waals surface area (Å²) in [6.07, 6.45) is 2.79. The van der Waals surface area contributed by atoms with Crippen molar-refractivity contribution in [2.45, 2.75) is 51.0 Å². The highest BCUT2D eigenvalue weighted by Gasteiger charge is 2.44. The monoisotopic (exact) mass is 365 g/mol. The van der Waals surface area contributed by atoms with Crippen LogP contribution in [0.4, 0.5) is 0 Å². The Kier molecular flexibility index (Phi) is 6.29. The molecule has 26 heavy (non-hydrogen) atoms. The number of ether oxygens (including phenoxy) is 1. The van der Waals surface area contributed by atoms with E-state index in [1.54, 1.807) is 6.92 Å². The second kappa shape index (κ2) is 8.25. The molecule has 0 bridgehead atoms. The predicted octanol–water partition coefficient (Wildman–Crippen LogP) is 0.990. The fraction of sp³-hybridized carbons (Fsp3) is 0.765. The number of nitrogens with zero attached hydrogens (tertiary/aromatic N) is 2. The number of amides is 1. The number of nitriles is 1. The van der Waals surface area contributed by atoms with Gasteiger partial charge in [0.1, 0.15) is 11.3 Å². The van der Waals surface area contributed by atoms with Crippen LogP contribution in [0.15, 0.2) is 0 Å². The first-order valence-electron chi connectivity index (χ1n) is 8.79. The number of nitro groups is 1. The van der Waals surface area contributed by atoms with Gasteiger partial charge in [0.05, 0.1) is 12.5 Å². The molecule has 2 rings (SSSR count). The molecule has 0 unspecified atom stereocenters. The number of hydrogen-bond acceptors (Lipinski definition) is 7. The van der Waals surface area contributed by atoms with Crippen molar-refractivity contribution < 1.29 is 24.0 Å². The van der Waals surface area contributed by atoms with Crippen LogP contribution in [-0.2, 0) is 19.1 Å². The van der Waals surface area contributed by atoms with Crippen molar-refractivity contribution in [2.75, 3.05) is 13.2 Å². The highest BCUT2D eigenvalue weighted by molar-refractivity contribution is 5.88. The second-order valence-electron chi connectivity index (χ2n) is 7.25. The Hall–Kier alpha value is -2.50. The molecule has 9 heteroatoms. The quantitative estimate of drug-likeness (QED) is 0.403. The Morgan fingerprint density at radius 2 is 2.08 bits per heavy atom. The highest BCUT2D eigenvalue weighted by atomic mass is 16.6. The molecule has 0 aromatic rings. The summed E-state index contributed by atoms with van der Waals surface area (Å²) in [6, 6.07) is 2.11. The summed E-state index contributed by atoms with van der Waals surface area (Å²) in [6.45, 7) is 0.864. The molecule has 0 aliphatic heterocycles. The molecule has 2 saturated carbocycles. The minimum absolute atomic E-state index is 0.160. The molecule has 2 aliphatic carbocycles. The summed E-state index contributed by atoms with van der Waals surface area (Å²) in [4.78, 5) is 46.2. The molecule has 1 N–H and O–H groups in total. The number of hydrogen-bond donors (Lipinski definition) is 1. The van der Waals surface area contributed by atoms with Gasteiger partial charge in [0.25, 0.3) is 5.91 Å². The van der Waals surface area contributed by atoms with Crippen molar-refractivity contribution in [1.82, 2.24) is 5.32 Å². The lowest BCUT2D eigenvalue weighted by molar-refractivity contribution is -0.490. The summed E-state index contributed by atoms with van der Waals surface area (Å²) >= 11 is 0. The Morgan fingerprint density at radius 1 is 1.42 bits per heavy atom. The number of carbonyl (C=O) groups is 3. The van der Waals surface area contributed by atoms with Gasteiger partial charge >= 0.3 is 5.97 Å². The van der Waals surface area contributed by atoms with E-state index < -0.39 is 40.8 Å². The van der Waals surface area contributed by atoms with E-state index in [0.717, 1.165) is 12.8 Å². The minimum atomic E-state index is -0.892. The van der Waals surface area contributed by atoms with Crippen molar-refractivity contribution in [3.63, 3.8) is 0 Å². The largest absolute Gasteiger partial charge is 0.456 e. The third-order valence-electron chi connectivity index (χ3n) is 5.34. The SMILES string of the molecule is C[C@H]1CC(=O)[C@@H](CC(=O)OCC(=O)NC2(C#N)CCCC2)[C@@H]1C[N+](=O)[O-]. The van der Waals surface area contributed by atoms with Gasteiger partial charge in [0, 0.05) is 23.2 Å². The van der Waals surface area contributed by atoms with Gasteiger partial charge in [-0.3, -0.25) is 24.5 Å². The Balaban J connectivity index is 1.84. The molecular formula is C17H23N3O6. The van der Waals surface area contributed by atoms with Gasteiger partial charge in [-0.15, -0.1) is 0 Å². The van der Waals surface area contributed by atoms with Crippen LogP contribution in [0.2, 0.25) is 0 Å². The van der Waals surface area contributed by atoms with Crippen LogP contribution in [0.5, 0.6) is 0 Å². The predicted molar refractivity (Wildman–Crippen MR) is 88.2 cm³/mol. The molecule has 0 aromatic carbocycles. The lowest BCUT2D eigenvalue weighted by atomic mass is 9.88. The van der Waals surface area contributed by atoms with Gasteiger partial charge in [-0.1, -0.05) is 6.92 Å². The summed E-state index contributed by atoms with van der Waals surface area (Å²) in [5, 5.41) is 22.6. The summed E-state index contributed by atoms with van der Waals surface area (Å²) in [5.74, 6) is -2.88. The van der Waals surface area contributed by atoms with Crippen LogP contribution >= 0.6 is 0 Å². The number of carbonyl (C=O) groups excluding carboxylic acids is 3. The number of Topliss-reactive ketones (excluding diaryl/α,β-unsaturated/α-hetero) is 1. The van der Waals surface area contributed by atoms with Crippen LogP contribution in [-0.4, -0.2) is 41.3 Å². The van der Waals surface area contributed by atoms with Crippen LogP contribution in [0.1, 0.15) is 45.4 Å². The van der Waals surface area contributed by atoms with Crippen molar-refractivity contribution in [3.8, 4) is 6.07 Å². The molecule has 3 atom stereocenters. The van der Waals surface area contributed by atoms with Crippen molar-refractivity contribution in [2.24, 2.45) is 17.8 Å². The molecular weight excluding hydrogens is 342 g/mol. The van der Waals surface area contributed by atoms with E-state index in [9.17, 15) is 29.8 Å². The van der Waals surface area contributed by atoms with Gasteiger partial charge in [-0.05, 0) is 31.6 Å². The topological polar surface area (TPSA) is 139 Å². The second-order valence-corrected chi connectivity index (χ2v) is 7.25. The van der Waals surface area contributed by atoms with Crippen LogP contribution < -0.4 is 5.32 Å². The summed E-state index contributed by atoms with van der Waals surface area (Å²) in [7, 11) is 0. The first kappa shape index (κ1) is 19.8. The number of ketones is 1. The van der Waals surface area contributed by atoms with Crippen molar-refractivity contribution >= 4 is 17.7 Å². The Bertz CT molecular complexity index is 635. The van der Waals surface area contributed by atoms with Gasteiger partial charge in [0.15, 0.2) is 6.61 Å². The highest BCUT2D eigenvalue weighted by Crippen LogP contribution is 2.36. The third-order valence-corrected chi connectivity index (χ3v) is 5.34. The van der Waals surface area contributed by atoms with Crippen LogP contribution in [0.3, 0.4) is 0 Å². The third kappa shape index (κ3) is 4.77. The van der Waals surface area contributed by atoms with Crippen molar-refractivity contribution in [1.29, 1.82) is 5.26 Å². The lowest BCUT2D eigenvalue weighted by Gasteiger charge is -2.22. The average Bonchev–Trinajstić information content (AvgIpc) is 3.13. The molecule has 2 aliphatic rings. The molecule has 2 fully saturated rings. The molecule has 0 radical (unpaired) electrons. The Morgan fingerprint density at radius 3 is 2.65 bits per heavy atom. The lowest BCUT2D eigenvalue weighted by Crippen LogP contribution is -2.46. The van der Waals surface area contributed by atoms with E-state index in [-0.39, 0.29) is 31.1 Å². The molecule has 0 spiro atoms. The molecule has 0 aromatic heterocycles. The zero-order chi connectivity index (χ0) is 19.3. The fourth-order valence-electron chi connectivity index (χ4n) is 3.93. The van der Waals surface area contributed by atoms with Gasteiger partial charge in [-0.2, -0.15) is 5.26 Å². The summed E-state index contributed by atoms with van der Waals surface area (Å²) in [5.41, 5.74) is -0.892. The zero-order valence-electron chi connectivity index (χ0n) is 14.7. The smallest absolute Gasteiger partial charge is 0.307 e. The van der Waals surface area contributed by atoms with E-state index in [2.05, 4.69) is 11.4 Å². The average molecular weight is 365 g/mol. The maximum absolute atomic E-state index is 12.0. The minimum Gasteiger partial charge on any atom is -0.456 e. The van der Waals surface area contributed by atoms with Crippen molar-refractivity contribution in [3.05, 3.63) is 10.1 Å². The maximum atomic E-state index is 12.0. The normalized spacial score (nSPS) is 26.9. The molecule has 1 amide bonds. The van der Waals surface area contributed by atoms with Crippen LogP contribution in [0.25, 0.3) is 0 Å². The van der Waals surface area contributed by atoms with E-state index in [1.807, 2.05) is 0 Å². The van der Waals surface area contributed by atoms with Gasteiger partial charge < -0.3 is 10.1 Å². The van der Waals surface area contributed by atoms with E-state index >= 15 is 0 Å². The molecule has 0 heterocycles. The first-order valence-corrected chi connectivity index (χ1v) is 8.79. The molecule has 0 saturated heterocycles. The van der Waals surface area contributed by atoms with E-state index in [4.69, 9.17) is 4.74 Å². The maximum Gasteiger partial charge on any atom is 0.307 e. The fourth-order valence-corrected chi connectivity index (χ4v) is 3.93. The van der Waals surface area contributed by atoms with E-state index in [1.165, 1.54) is 0 Å². The Labute approximate surface area is 151 Å². The van der Waals surface area contributed by atoms with Gasteiger partial charge in [0.2, 0.25) is 6.54 Å².